The molecule has 1 aromatic carbocycles. The largest absolute Gasteiger partial charge is 0.330 e. The van der Waals surface area contributed by atoms with Crippen molar-refractivity contribution in [1.82, 2.24) is 0 Å². The average Bonchev–Trinajstić information content (AvgIpc) is 2.23. The molecule has 1 unspecified atom stereocenters. The summed E-state index contributed by atoms with van der Waals surface area (Å²) in [6, 6.07) is 4.69. The van der Waals surface area contributed by atoms with Crippen molar-refractivity contribution in [2.75, 3.05) is 6.54 Å². The van der Waals surface area contributed by atoms with E-state index in [0.717, 1.165) is 0 Å². The topological polar surface area (TPSA) is 43.1 Å². The van der Waals surface area contributed by atoms with Crippen LogP contribution < -0.4 is 5.73 Å². The molecule has 2 nitrogen and oxygen atoms in total. The van der Waals surface area contributed by atoms with E-state index < -0.39 is 5.82 Å². The van der Waals surface area contributed by atoms with Gasteiger partial charge in [0.2, 0.25) is 0 Å². The van der Waals surface area contributed by atoms with Crippen LogP contribution in [-0.4, -0.2) is 12.3 Å². The fourth-order valence-corrected chi connectivity index (χ4v) is 1.74. The third-order valence-electron chi connectivity index (χ3n) is 2.37. The van der Waals surface area contributed by atoms with Crippen molar-refractivity contribution >= 4 is 21.7 Å². The van der Waals surface area contributed by atoms with Gasteiger partial charge in [-0.05, 0) is 34.5 Å². The molecule has 2 N–H and O–H groups in total. The highest BCUT2D eigenvalue weighted by Crippen LogP contribution is 2.21. The van der Waals surface area contributed by atoms with Crippen LogP contribution in [0.2, 0.25) is 0 Å². The number of rotatable bonds is 4. The van der Waals surface area contributed by atoms with E-state index in [9.17, 15) is 9.18 Å². The molecule has 0 radical (unpaired) electrons. The van der Waals surface area contributed by atoms with E-state index in [4.69, 9.17) is 5.73 Å². The van der Waals surface area contributed by atoms with Gasteiger partial charge >= 0.3 is 0 Å². The van der Waals surface area contributed by atoms with Gasteiger partial charge in [-0.25, -0.2) is 4.39 Å². The molecule has 15 heavy (non-hydrogen) atoms. The predicted octanol–water partition coefficient (Wildman–Crippen LogP) is 2.76. The summed E-state index contributed by atoms with van der Waals surface area (Å²) in [6.45, 7) is 2.12. The van der Waals surface area contributed by atoms with Crippen LogP contribution in [0.4, 0.5) is 4.39 Å². The first-order valence-corrected chi connectivity index (χ1v) is 5.59. The van der Waals surface area contributed by atoms with E-state index in [1.807, 2.05) is 6.92 Å². The minimum Gasteiger partial charge on any atom is -0.330 e. The fraction of sp³-hybridized carbons (Fsp3) is 0.364. The summed E-state index contributed by atoms with van der Waals surface area (Å²) in [7, 11) is 0. The molecule has 1 atom stereocenters. The Balaban J connectivity index is 3.05. The van der Waals surface area contributed by atoms with Crippen molar-refractivity contribution in [3.05, 3.63) is 34.1 Å². The van der Waals surface area contributed by atoms with Crippen molar-refractivity contribution < 1.29 is 9.18 Å². The minimum absolute atomic E-state index is 0.113. The summed E-state index contributed by atoms with van der Waals surface area (Å²) in [5.74, 6) is -1.03. The molecule has 0 aliphatic carbocycles. The van der Waals surface area contributed by atoms with Gasteiger partial charge in [0.1, 0.15) is 5.82 Å². The van der Waals surface area contributed by atoms with Crippen molar-refractivity contribution in [2.45, 2.75) is 13.3 Å². The molecule has 0 spiro atoms. The van der Waals surface area contributed by atoms with Gasteiger partial charge in [0, 0.05) is 12.5 Å². The minimum atomic E-state index is -0.505. The van der Waals surface area contributed by atoms with Crippen LogP contribution in [-0.2, 0) is 0 Å². The molecule has 4 heteroatoms. The van der Waals surface area contributed by atoms with Crippen LogP contribution >= 0.6 is 15.9 Å². The van der Waals surface area contributed by atoms with Crippen molar-refractivity contribution in [1.29, 1.82) is 0 Å². The van der Waals surface area contributed by atoms with Gasteiger partial charge in [-0.15, -0.1) is 0 Å². The highest BCUT2D eigenvalue weighted by atomic mass is 79.9. The Morgan fingerprint density at radius 3 is 2.80 bits per heavy atom. The lowest BCUT2D eigenvalue weighted by atomic mass is 9.95. The number of nitrogens with two attached hydrogens (primary N) is 1. The third kappa shape index (κ3) is 2.63. The van der Waals surface area contributed by atoms with E-state index in [-0.39, 0.29) is 23.8 Å². The summed E-state index contributed by atoms with van der Waals surface area (Å²) in [5, 5.41) is 0. The maximum atomic E-state index is 13.6. The molecule has 1 aromatic rings. The van der Waals surface area contributed by atoms with Crippen LogP contribution in [0.3, 0.4) is 0 Å². The molecule has 0 aliphatic rings. The molecule has 0 heterocycles. The molecule has 0 aliphatic heterocycles. The number of halogens is 2. The molecule has 82 valence electrons. The van der Waals surface area contributed by atoms with E-state index in [2.05, 4.69) is 15.9 Å². The lowest BCUT2D eigenvalue weighted by Crippen LogP contribution is -2.23. The van der Waals surface area contributed by atoms with E-state index in [1.54, 1.807) is 12.1 Å². The highest BCUT2D eigenvalue weighted by molar-refractivity contribution is 9.10. The quantitative estimate of drug-likeness (QED) is 0.858. The lowest BCUT2D eigenvalue weighted by Gasteiger charge is -2.11. The first-order chi connectivity index (χ1) is 7.11. The number of Topliss-reactive ketones (excluding diaryl/α,β-unsaturated/α-hetero) is 1. The Morgan fingerprint density at radius 1 is 1.60 bits per heavy atom. The summed E-state index contributed by atoms with van der Waals surface area (Å²) in [5.41, 5.74) is 5.57. The zero-order valence-corrected chi connectivity index (χ0v) is 10.1. The normalized spacial score (nSPS) is 12.5. The Hall–Kier alpha value is -0.740. The van der Waals surface area contributed by atoms with Crippen LogP contribution in [0.1, 0.15) is 23.7 Å². The van der Waals surface area contributed by atoms with E-state index >= 15 is 0 Å². The number of carbonyl (C=O) groups is 1. The zero-order chi connectivity index (χ0) is 11.4. The molecular weight excluding hydrogens is 261 g/mol. The van der Waals surface area contributed by atoms with Gasteiger partial charge in [0.05, 0.1) is 10.0 Å². The summed E-state index contributed by atoms with van der Waals surface area (Å²) in [4.78, 5) is 11.8. The van der Waals surface area contributed by atoms with Gasteiger partial charge in [-0.3, -0.25) is 4.79 Å². The number of hydrogen-bond acceptors (Lipinski definition) is 2. The highest BCUT2D eigenvalue weighted by Gasteiger charge is 2.20. The molecule has 1 rings (SSSR count). The Labute approximate surface area is 96.8 Å². The molecule has 0 bridgehead atoms. The van der Waals surface area contributed by atoms with Gasteiger partial charge in [-0.1, -0.05) is 13.0 Å². The Morgan fingerprint density at radius 2 is 2.27 bits per heavy atom. The molecule has 0 aromatic heterocycles. The molecular formula is C11H13BrFNO. The number of hydrogen-bond donors (Lipinski definition) is 1. The van der Waals surface area contributed by atoms with Crippen molar-refractivity contribution in [3.63, 3.8) is 0 Å². The second-order valence-corrected chi connectivity index (χ2v) is 4.16. The number of ketones is 1. The van der Waals surface area contributed by atoms with E-state index in [1.165, 1.54) is 6.07 Å². The Bertz CT molecular complexity index is 364. The Kier molecular flexibility index (Phi) is 4.42. The first-order valence-electron chi connectivity index (χ1n) is 4.80. The second-order valence-electron chi connectivity index (χ2n) is 3.31. The standard InChI is InChI=1S/C11H13BrFNO/c1-2-7(6-14)11(15)8-4-3-5-9(12)10(8)13/h3-5,7H,2,6,14H2,1H3. The monoisotopic (exact) mass is 273 g/mol. The molecule has 0 saturated heterocycles. The zero-order valence-electron chi connectivity index (χ0n) is 8.47. The molecule has 0 saturated carbocycles. The van der Waals surface area contributed by atoms with Crippen LogP contribution in [0.5, 0.6) is 0 Å². The predicted molar refractivity (Wildman–Crippen MR) is 61.3 cm³/mol. The summed E-state index contributed by atoms with van der Waals surface area (Å²) in [6.07, 6.45) is 0.626. The maximum absolute atomic E-state index is 13.6. The first kappa shape index (κ1) is 12.3. The average molecular weight is 274 g/mol. The van der Waals surface area contributed by atoms with Crippen molar-refractivity contribution in [3.8, 4) is 0 Å². The fourth-order valence-electron chi connectivity index (χ4n) is 1.37. The lowest BCUT2D eigenvalue weighted by molar-refractivity contribution is 0.0917. The SMILES string of the molecule is CCC(CN)C(=O)c1cccc(Br)c1F. The summed E-state index contributed by atoms with van der Waals surface area (Å²) < 4.78 is 13.9. The van der Waals surface area contributed by atoms with Gasteiger partial charge in [-0.2, -0.15) is 0 Å². The summed E-state index contributed by atoms with van der Waals surface area (Å²) >= 11 is 3.05. The van der Waals surface area contributed by atoms with Crippen LogP contribution in [0.25, 0.3) is 0 Å². The molecule has 0 amide bonds. The van der Waals surface area contributed by atoms with Gasteiger partial charge in [0.15, 0.2) is 5.78 Å². The smallest absolute Gasteiger partial charge is 0.170 e. The van der Waals surface area contributed by atoms with E-state index in [0.29, 0.717) is 10.9 Å². The van der Waals surface area contributed by atoms with Crippen molar-refractivity contribution in [2.24, 2.45) is 11.7 Å². The number of benzene rings is 1. The maximum Gasteiger partial charge on any atom is 0.170 e. The second kappa shape index (κ2) is 5.37. The van der Waals surface area contributed by atoms with Crippen LogP contribution in [0.15, 0.2) is 22.7 Å². The molecule has 0 fully saturated rings. The third-order valence-corrected chi connectivity index (χ3v) is 2.98. The van der Waals surface area contributed by atoms with Gasteiger partial charge < -0.3 is 5.73 Å². The van der Waals surface area contributed by atoms with Gasteiger partial charge in [0.25, 0.3) is 0 Å². The van der Waals surface area contributed by atoms with Crippen LogP contribution in [0, 0.1) is 11.7 Å². The number of carbonyl (C=O) groups excluding carboxylic acids is 1.